The molecule has 1 heterocycles. The van der Waals surface area contributed by atoms with E-state index in [-0.39, 0.29) is 0 Å². The maximum absolute atomic E-state index is 6.02. The molecule has 0 radical (unpaired) electrons. The molecule has 1 aliphatic heterocycles. The number of hydrogen-bond acceptors (Lipinski definition) is 2. The molecule has 1 aliphatic rings. The van der Waals surface area contributed by atoms with Crippen LogP contribution < -0.4 is 4.90 Å². The van der Waals surface area contributed by atoms with Crippen molar-refractivity contribution in [2.24, 2.45) is 0 Å². The molecule has 0 atom stereocenters. The highest BCUT2D eigenvalue weighted by Crippen LogP contribution is 2.20. The van der Waals surface area contributed by atoms with Crippen LogP contribution in [0.25, 0.3) is 0 Å². The Morgan fingerprint density at radius 3 is 2.59 bits per heavy atom. The fourth-order valence-corrected chi connectivity index (χ4v) is 2.62. The van der Waals surface area contributed by atoms with E-state index in [4.69, 9.17) is 11.6 Å². The van der Waals surface area contributed by atoms with E-state index in [0.29, 0.717) is 0 Å². The lowest BCUT2D eigenvalue weighted by molar-refractivity contribution is 0.259. The number of anilines is 1. The van der Waals surface area contributed by atoms with Crippen molar-refractivity contribution in [2.45, 2.75) is 6.42 Å². The van der Waals surface area contributed by atoms with Gasteiger partial charge in [-0.05, 0) is 31.2 Å². The molecule has 0 bridgehead atoms. The number of hydrogen-bond donors (Lipinski definition) is 0. The van der Waals surface area contributed by atoms with Crippen LogP contribution in [0, 0.1) is 0 Å². The van der Waals surface area contributed by atoms with E-state index in [1.54, 1.807) is 0 Å². The summed E-state index contributed by atoms with van der Waals surface area (Å²) < 4.78 is 0. The summed E-state index contributed by atoms with van der Waals surface area (Å²) in [5, 5.41) is 1.92. The van der Waals surface area contributed by atoms with Crippen LogP contribution >= 0.6 is 27.5 Å². The third-order valence-electron chi connectivity index (χ3n) is 3.15. The summed E-state index contributed by atoms with van der Waals surface area (Å²) in [6.45, 7) is 5.71. The molecule has 94 valence electrons. The van der Waals surface area contributed by atoms with E-state index in [0.717, 1.165) is 36.5 Å². The minimum Gasteiger partial charge on any atom is -0.369 e. The van der Waals surface area contributed by atoms with Gasteiger partial charge in [-0.25, -0.2) is 0 Å². The molecule has 0 N–H and O–H groups in total. The second kappa shape index (κ2) is 6.62. The lowest BCUT2D eigenvalue weighted by Crippen LogP contribution is -2.46. The van der Waals surface area contributed by atoms with Crippen LogP contribution in [-0.2, 0) is 0 Å². The SMILES string of the molecule is Clc1cccc(N2CCN(CCCBr)CC2)c1. The molecule has 1 aromatic rings. The van der Waals surface area contributed by atoms with Crippen LogP contribution in [-0.4, -0.2) is 43.0 Å². The van der Waals surface area contributed by atoms with Crippen molar-refractivity contribution in [3.8, 4) is 0 Å². The highest BCUT2D eigenvalue weighted by atomic mass is 79.9. The molecular formula is C13H18BrClN2. The molecule has 2 rings (SSSR count). The molecule has 0 aromatic heterocycles. The van der Waals surface area contributed by atoms with Gasteiger partial charge < -0.3 is 4.90 Å². The zero-order chi connectivity index (χ0) is 12.1. The molecule has 2 nitrogen and oxygen atoms in total. The quantitative estimate of drug-likeness (QED) is 0.787. The van der Waals surface area contributed by atoms with Crippen LogP contribution in [0.5, 0.6) is 0 Å². The van der Waals surface area contributed by atoms with Gasteiger partial charge in [-0.2, -0.15) is 0 Å². The van der Waals surface area contributed by atoms with Gasteiger partial charge in [-0.3, -0.25) is 4.90 Å². The summed E-state index contributed by atoms with van der Waals surface area (Å²) >= 11 is 9.50. The molecule has 0 aliphatic carbocycles. The molecule has 1 saturated heterocycles. The second-order valence-corrected chi connectivity index (χ2v) is 5.58. The number of nitrogens with zero attached hydrogens (tertiary/aromatic N) is 2. The fourth-order valence-electron chi connectivity index (χ4n) is 2.19. The van der Waals surface area contributed by atoms with Gasteiger partial charge in [0.25, 0.3) is 0 Å². The van der Waals surface area contributed by atoms with Crippen molar-refractivity contribution in [3.63, 3.8) is 0 Å². The Hall–Kier alpha value is -0.250. The average molecular weight is 318 g/mol. The van der Waals surface area contributed by atoms with Crippen LogP contribution in [0.3, 0.4) is 0 Å². The number of benzene rings is 1. The zero-order valence-electron chi connectivity index (χ0n) is 9.91. The Bertz CT molecular complexity index is 351. The lowest BCUT2D eigenvalue weighted by atomic mass is 10.2. The minimum absolute atomic E-state index is 0.823. The van der Waals surface area contributed by atoms with Gasteiger partial charge in [-0.15, -0.1) is 0 Å². The lowest BCUT2D eigenvalue weighted by Gasteiger charge is -2.36. The van der Waals surface area contributed by atoms with Crippen molar-refractivity contribution in [3.05, 3.63) is 29.3 Å². The predicted octanol–water partition coefficient (Wildman–Crippen LogP) is 3.25. The Labute approximate surface area is 117 Å². The third kappa shape index (κ3) is 3.87. The molecule has 0 amide bonds. The molecular weight excluding hydrogens is 300 g/mol. The number of piperazine rings is 1. The first-order chi connectivity index (χ1) is 8.29. The van der Waals surface area contributed by atoms with Crippen molar-refractivity contribution in [2.75, 3.05) is 43.0 Å². The monoisotopic (exact) mass is 316 g/mol. The Morgan fingerprint density at radius 2 is 1.94 bits per heavy atom. The molecule has 1 fully saturated rings. The second-order valence-electron chi connectivity index (χ2n) is 4.35. The van der Waals surface area contributed by atoms with E-state index >= 15 is 0 Å². The molecule has 0 unspecified atom stereocenters. The molecule has 0 spiro atoms. The summed E-state index contributed by atoms with van der Waals surface area (Å²) in [5.41, 5.74) is 1.25. The van der Waals surface area contributed by atoms with Crippen LogP contribution in [0.15, 0.2) is 24.3 Å². The Balaban J connectivity index is 1.86. The van der Waals surface area contributed by atoms with E-state index < -0.39 is 0 Å². The zero-order valence-corrected chi connectivity index (χ0v) is 12.3. The summed E-state index contributed by atoms with van der Waals surface area (Å²) in [4.78, 5) is 4.94. The molecule has 0 saturated carbocycles. The summed E-state index contributed by atoms with van der Waals surface area (Å²) in [5.74, 6) is 0. The highest BCUT2D eigenvalue weighted by Gasteiger charge is 2.16. The van der Waals surface area contributed by atoms with Crippen LogP contribution in [0.4, 0.5) is 5.69 Å². The number of alkyl halides is 1. The van der Waals surface area contributed by atoms with Crippen LogP contribution in [0.2, 0.25) is 5.02 Å². The topological polar surface area (TPSA) is 6.48 Å². The van der Waals surface area contributed by atoms with Gasteiger partial charge in [0, 0.05) is 42.2 Å². The smallest absolute Gasteiger partial charge is 0.0426 e. The van der Waals surface area contributed by atoms with E-state index in [9.17, 15) is 0 Å². The van der Waals surface area contributed by atoms with E-state index in [1.807, 2.05) is 12.1 Å². The van der Waals surface area contributed by atoms with Gasteiger partial charge in [0.05, 0.1) is 0 Å². The fraction of sp³-hybridized carbons (Fsp3) is 0.538. The first-order valence-corrected chi connectivity index (χ1v) is 7.58. The van der Waals surface area contributed by atoms with Crippen LogP contribution in [0.1, 0.15) is 6.42 Å². The first kappa shape index (κ1) is 13.2. The van der Waals surface area contributed by atoms with Crippen molar-refractivity contribution < 1.29 is 0 Å². The van der Waals surface area contributed by atoms with Gasteiger partial charge in [-0.1, -0.05) is 33.6 Å². The Morgan fingerprint density at radius 1 is 1.18 bits per heavy atom. The molecule has 1 aromatic carbocycles. The van der Waals surface area contributed by atoms with Crippen molar-refractivity contribution >= 4 is 33.2 Å². The third-order valence-corrected chi connectivity index (χ3v) is 3.95. The van der Waals surface area contributed by atoms with Gasteiger partial charge in [0.2, 0.25) is 0 Å². The first-order valence-electron chi connectivity index (χ1n) is 6.08. The van der Waals surface area contributed by atoms with Gasteiger partial charge in [0.1, 0.15) is 0 Å². The van der Waals surface area contributed by atoms with Crippen molar-refractivity contribution in [1.82, 2.24) is 4.90 Å². The van der Waals surface area contributed by atoms with Gasteiger partial charge in [0.15, 0.2) is 0 Å². The summed E-state index contributed by atoms with van der Waals surface area (Å²) in [7, 11) is 0. The van der Waals surface area contributed by atoms with Crippen molar-refractivity contribution in [1.29, 1.82) is 0 Å². The highest BCUT2D eigenvalue weighted by molar-refractivity contribution is 9.09. The molecule has 4 heteroatoms. The van der Waals surface area contributed by atoms with Gasteiger partial charge >= 0.3 is 0 Å². The standard InChI is InChI=1S/C13H18BrClN2/c14-5-2-6-16-7-9-17(10-8-16)13-4-1-3-12(15)11-13/h1,3-4,11H,2,5-10H2. The number of rotatable bonds is 4. The maximum Gasteiger partial charge on any atom is 0.0426 e. The largest absolute Gasteiger partial charge is 0.369 e. The summed E-state index contributed by atoms with van der Waals surface area (Å²) in [6, 6.07) is 8.14. The normalized spacial score (nSPS) is 17.4. The summed E-state index contributed by atoms with van der Waals surface area (Å²) in [6.07, 6.45) is 1.23. The van der Waals surface area contributed by atoms with E-state index in [2.05, 4.69) is 37.9 Å². The maximum atomic E-state index is 6.02. The average Bonchev–Trinajstić information content (AvgIpc) is 2.37. The predicted molar refractivity (Wildman–Crippen MR) is 78.5 cm³/mol. The Kier molecular flexibility index (Phi) is 5.14. The number of halogens is 2. The minimum atomic E-state index is 0.823. The van der Waals surface area contributed by atoms with E-state index in [1.165, 1.54) is 18.7 Å². The molecule has 17 heavy (non-hydrogen) atoms.